The van der Waals surface area contributed by atoms with E-state index in [-0.39, 0.29) is 0 Å². The molecule has 1 atom stereocenters. The second-order valence-corrected chi connectivity index (χ2v) is 2.60. The fourth-order valence-corrected chi connectivity index (χ4v) is 0.740. The molecule has 0 radical (unpaired) electrons. The highest BCUT2D eigenvalue weighted by Gasteiger charge is 2.61. The first-order valence-corrected chi connectivity index (χ1v) is 3.65. The summed E-state index contributed by atoms with van der Waals surface area (Å²) in [6, 6.07) is 0. The van der Waals surface area contributed by atoms with Gasteiger partial charge in [-0.3, -0.25) is 0 Å². The third-order valence-electron chi connectivity index (χ3n) is 1.36. The van der Waals surface area contributed by atoms with Gasteiger partial charge in [-0.25, -0.2) is 9.13 Å². The Morgan fingerprint density at radius 1 is 0.933 bits per heavy atom. The highest BCUT2D eigenvalue weighted by atomic mass is 19.4. The van der Waals surface area contributed by atoms with Gasteiger partial charge in [-0.05, 0) is 6.42 Å². The molecular weight excluding hydrogens is 237 g/mol. The lowest BCUT2D eigenvalue weighted by atomic mass is 10.1. The fourth-order valence-electron chi connectivity index (χ4n) is 0.740. The van der Waals surface area contributed by atoms with E-state index in [1.807, 2.05) is 0 Å². The standard InChI is InChI=1S/C6H7F7O2/c7-4(2-1-3-14,5(8,9)10)15-6(11,12)13/h14H,1-3H2/t4-/m1/s1. The molecule has 0 bridgehead atoms. The number of aliphatic hydroxyl groups excluding tert-OH is 1. The third kappa shape index (κ3) is 4.65. The Bertz CT molecular complexity index is 199. The molecule has 0 spiro atoms. The SMILES string of the molecule is OCCC[C@@](F)(OC(F)(F)F)C(F)(F)F. The van der Waals surface area contributed by atoms with Gasteiger partial charge in [0.05, 0.1) is 0 Å². The molecule has 1 N–H and O–H groups in total. The van der Waals surface area contributed by atoms with E-state index >= 15 is 0 Å². The van der Waals surface area contributed by atoms with Crippen LogP contribution in [0.15, 0.2) is 0 Å². The summed E-state index contributed by atoms with van der Waals surface area (Å²) in [5.41, 5.74) is 0. The zero-order chi connectivity index (χ0) is 12.3. The minimum Gasteiger partial charge on any atom is -0.396 e. The van der Waals surface area contributed by atoms with E-state index in [9.17, 15) is 30.7 Å². The first-order chi connectivity index (χ1) is 6.52. The molecule has 0 saturated carbocycles. The van der Waals surface area contributed by atoms with Gasteiger partial charge in [-0.15, -0.1) is 13.2 Å². The molecular formula is C6H7F7O2. The number of aliphatic hydroxyl groups is 1. The summed E-state index contributed by atoms with van der Waals surface area (Å²) >= 11 is 0. The zero-order valence-corrected chi connectivity index (χ0v) is 7.12. The van der Waals surface area contributed by atoms with E-state index in [1.165, 1.54) is 0 Å². The van der Waals surface area contributed by atoms with E-state index in [2.05, 4.69) is 4.74 Å². The summed E-state index contributed by atoms with van der Waals surface area (Å²) in [4.78, 5) is 0. The summed E-state index contributed by atoms with van der Waals surface area (Å²) in [6.07, 6.45) is -14.0. The Kier molecular flexibility index (Phi) is 4.35. The van der Waals surface area contributed by atoms with Gasteiger partial charge in [-0.1, -0.05) is 0 Å². The lowest BCUT2D eigenvalue weighted by Crippen LogP contribution is -2.47. The van der Waals surface area contributed by atoms with Crippen LogP contribution in [0.3, 0.4) is 0 Å². The molecule has 0 saturated heterocycles. The lowest BCUT2D eigenvalue weighted by molar-refractivity contribution is -0.449. The van der Waals surface area contributed by atoms with Gasteiger partial charge in [0.25, 0.3) is 0 Å². The molecule has 0 aromatic carbocycles. The summed E-state index contributed by atoms with van der Waals surface area (Å²) in [5.74, 6) is -4.81. The van der Waals surface area contributed by atoms with E-state index in [4.69, 9.17) is 5.11 Å². The quantitative estimate of drug-likeness (QED) is 0.770. The summed E-state index contributed by atoms with van der Waals surface area (Å²) in [5, 5.41) is 8.12. The fraction of sp³-hybridized carbons (Fsp3) is 1.00. The van der Waals surface area contributed by atoms with Crippen molar-refractivity contribution >= 4 is 0 Å². The van der Waals surface area contributed by atoms with Crippen LogP contribution in [0.4, 0.5) is 30.7 Å². The normalized spacial score (nSPS) is 17.6. The summed E-state index contributed by atoms with van der Waals surface area (Å²) in [6.45, 7) is -0.872. The second kappa shape index (κ2) is 4.52. The molecule has 0 heterocycles. The van der Waals surface area contributed by atoms with Crippen molar-refractivity contribution in [2.45, 2.75) is 31.2 Å². The molecule has 0 aliphatic rings. The molecule has 0 rings (SSSR count). The highest BCUT2D eigenvalue weighted by Crippen LogP contribution is 2.42. The molecule has 0 unspecified atom stereocenters. The number of rotatable bonds is 4. The Balaban J connectivity index is 4.71. The van der Waals surface area contributed by atoms with Crippen LogP contribution in [-0.2, 0) is 4.74 Å². The molecule has 0 aliphatic carbocycles. The predicted octanol–water partition coefficient (Wildman–Crippen LogP) is 2.52. The number of ether oxygens (including phenoxy) is 1. The summed E-state index contributed by atoms with van der Waals surface area (Å²) in [7, 11) is 0. The smallest absolute Gasteiger partial charge is 0.396 e. The van der Waals surface area contributed by atoms with E-state index in [0.717, 1.165) is 0 Å². The third-order valence-corrected chi connectivity index (χ3v) is 1.36. The van der Waals surface area contributed by atoms with Crippen molar-refractivity contribution in [1.29, 1.82) is 0 Å². The molecule has 0 aromatic heterocycles. The minimum absolute atomic E-state index is 0.800. The molecule has 0 amide bonds. The highest BCUT2D eigenvalue weighted by molar-refractivity contribution is 4.78. The van der Waals surface area contributed by atoms with Gasteiger partial charge in [0, 0.05) is 13.0 Å². The largest absolute Gasteiger partial charge is 0.525 e. The molecule has 15 heavy (non-hydrogen) atoms. The van der Waals surface area contributed by atoms with Crippen molar-refractivity contribution < 1.29 is 40.6 Å². The average Bonchev–Trinajstić information content (AvgIpc) is 1.95. The second-order valence-electron chi connectivity index (χ2n) is 2.60. The topological polar surface area (TPSA) is 29.5 Å². The van der Waals surface area contributed by atoms with Gasteiger partial charge in [0.2, 0.25) is 0 Å². The average molecular weight is 244 g/mol. The Morgan fingerprint density at radius 2 is 1.40 bits per heavy atom. The van der Waals surface area contributed by atoms with Gasteiger partial charge in [-0.2, -0.15) is 13.2 Å². The zero-order valence-electron chi connectivity index (χ0n) is 7.12. The van der Waals surface area contributed by atoms with Crippen LogP contribution in [0.5, 0.6) is 0 Å². The van der Waals surface area contributed by atoms with Crippen LogP contribution in [0.2, 0.25) is 0 Å². The first kappa shape index (κ1) is 14.4. The molecule has 0 aliphatic heterocycles. The van der Waals surface area contributed by atoms with Crippen molar-refractivity contribution in [2.24, 2.45) is 0 Å². The maximum absolute atomic E-state index is 12.8. The van der Waals surface area contributed by atoms with E-state index in [0.29, 0.717) is 0 Å². The molecule has 2 nitrogen and oxygen atoms in total. The minimum atomic E-state index is -5.81. The lowest BCUT2D eigenvalue weighted by Gasteiger charge is -2.28. The van der Waals surface area contributed by atoms with Crippen LogP contribution in [0, 0.1) is 0 Å². The van der Waals surface area contributed by atoms with Crippen molar-refractivity contribution in [3.63, 3.8) is 0 Å². The van der Waals surface area contributed by atoms with Gasteiger partial charge < -0.3 is 5.11 Å². The van der Waals surface area contributed by atoms with Crippen LogP contribution < -0.4 is 0 Å². The predicted molar refractivity (Wildman–Crippen MR) is 33.4 cm³/mol. The Morgan fingerprint density at radius 3 is 1.67 bits per heavy atom. The van der Waals surface area contributed by atoms with Crippen LogP contribution in [0.25, 0.3) is 0 Å². The van der Waals surface area contributed by atoms with Crippen LogP contribution in [-0.4, -0.2) is 30.1 Å². The Labute approximate surface area is 79.6 Å². The van der Waals surface area contributed by atoms with Crippen molar-refractivity contribution in [3.05, 3.63) is 0 Å². The van der Waals surface area contributed by atoms with Gasteiger partial charge in [0.15, 0.2) is 0 Å². The number of halogens is 7. The van der Waals surface area contributed by atoms with Crippen molar-refractivity contribution in [2.75, 3.05) is 6.61 Å². The van der Waals surface area contributed by atoms with Crippen LogP contribution >= 0.6 is 0 Å². The van der Waals surface area contributed by atoms with Crippen LogP contribution in [0.1, 0.15) is 12.8 Å². The first-order valence-electron chi connectivity index (χ1n) is 3.65. The molecule has 0 aromatic rings. The molecule has 9 heteroatoms. The molecule has 92 valence electrons. The van der Waals surface area contributed by atoms with Crippen molar-refractivity contribution in [1.82, 2.24) is 0 Å². The van der Waals surface area contributed by atoms with Gasteiger partial charge >= 0.3 is 18.4 Å². The number of hydrogen-bond donors (Lipinski definition) is 1. The number of hydrogen-bond acceptors (Lipinski definition) is 2. The van der Waals surface area contributed by atoms with E-state index < -0.39 is 37.8 Å². The molecule has 0 fully saturated rings. The summed E-state index contributed by atoms with van der Waals surface area (Å²) < 4.78 is 85.3. The maximum Gasteiger partial charge on any atom is 0.525 e. The van der Waals surface area contributed by atoms with Crippen molar-refractivity contribution in [3.8, 4) is 0 Å². The van der Waals surface area contributed by atoms with E-state index in [1.54, 1.807) is 0 Å². The van der Waals surface area contributed by atoms with Gasteiger partial charge in [0.1, 0.15) is 0 Å². The Hall–Kier alpha value is -0.570. The monoisotopic (exact) mass is 244 g/mol. The maximum atomic E-state index is 12.8. The number of alkyl halides is 7.